The van der Waals surface area contributed by atoms with Crippen LogP contribution in [0, 0.1) is 5.92 Å². The minimum Gasteiger partial charge on any atom is -0.370 e. The van der Waals surface area contributed by atoms with Crippen molar-refractivity contribution >= 4 is 37.5 Å². The van der Waals surface area contributed by atoms with E-state index in [2.05, 4.69) is 5.32 Å². The van der Waals surface area contributed by atoms with E-state index in [1.807, 2.05) is 0 Å². The number of carbonyl (C=O) groups excluding carboxylic acids is 3. The Morgan fingerprint density at radius 3 is 2.35 bits per heavy atom. The van der Waals surface area contributed by atoms with E-state index in [0.717, 1.165) is 18.4 Å². The van der Waals surface area contributed by atoms with Gasteiger partial charge in [0.1, 0.15) is 10.9 Å². The maximum Gasteiger partial charge on any atom is 0.268 e. The summed E-state index contributed by atoms with van der Waals surface area (Å²) >= 11 is 0. The van der Waals surface area contributed by atoms with E-state index >= 15 is 0 Å². The van der Waals surface area contributed by atoms with Crippen LogP contribution in [0.5, 0.6) is 0 Å². The van der Waals surface area contributed by atoms with Crippen LogP contribution < -0.4 is 11.1 Å². The summed E-state index contributed by atoms with van der Waals surface area (Å²) < 4.78 is 52.0. The van der Waals surface area contributed by atoms with Gasteiger partial charge in [-0.3, -0.25) is 14.4 Å². The van der Waals surface area contributed by atoms with Crippen LogP contribution >= 0.6 is 0 Å². The number of nitrogens with two attached hydrogens (primary N) is 1. The summed E-state index contributed by atoms with van der Waals surface area (Å²) in [4.78, 5) is 36.0. The van der Waals surface area contributed by atoms with Crippen molar-refractivity contribution in [2.45, 2.75) is 48.4 Å². The molecule has 2 atom stereocenters. The van der Waals surface area contributed by atoms with Crippen molar-refractivity contribution in [1.82, 2.24) is 9.62 Å². The second kappa shape index (κ2) is 9.88. The topological polar surface area (TPSA) is 161 Å². The number of primary amides is 1. The van der Waals surface area contributed by atoms with Gasteiger partial charge in [0.05, 0.1) is 11.4 Å². The van der Waals surface area contributed by atoms with Crippen LogP contribution in [0.3, 0.4) is 0 Å². The lowest BCUT2D eigenvalue weighted by molar-refractivity contribution is -0.134. The number of sulfonamides is 1. The van der Waals surface area contributed by atoms with Gasteiger partial charge in [-0.2, -0.15) is 0 Å². The van der Waals surface area contributed by atoms with Gasteiger partial charge < -0.3 is 11.1 Å². The number of nitrogens with one attached hydrogen (secondary N) is 1. The molecule has 0 aliphatic carbocycles. The van der Waals surface area contributed by atoms with Crippen LogP contribution in [0.2, 0.25) is 0 Å². The van der Waals surface area contributed by atoms with Gasteiger partial charge in [0.15, 0.2) is 15.6 Å². The summed E-state index contributed by atoms with van der Waals surface area (Å²) in [6, 6.07) is 3.67. The molecule has 0 saturated carbocycles. The molecular formula is C19H27N3O7S2. The van der Waals surface area contributed by atoms with Gasteiger partial charge in [0.2, 0.25) is 11.8 Å². The van der Waals surface area contributed by atoms with E-state index in [1.165, 1.54) is 12.1 Å². The largest absolute Gasteiger partial charge is 0.370 e. The first-order chi connectivity index (χ1) is 14.4. The van der Waals surface area contributed by atoms with E-state index in [-0.39, 0.29) is 25.8 Å². The summed E-state index contributed by atoms with van der Waals surface area (Å²) in [5.41, 5.74) is 5.16. The minimum atomic E-state index is -4.70. The first-order valence-corrected chi connectivity index (χ1v) is 13.1. The molecule has 172 valence electrons. The highest BCUT2D eigenvalue weighted by Gasteiger charge is 2.41. The molecule has 1 fully saturated rings. The second-order valence-electron chi connectivity index (χ2n) is 7.69. The monoisotopic (exact) mass is 473 g/mol. The Balaban J connectivity index is 2.60. The molecule has 1 aliphatic heterocycles. The number of amides is 2. The van der Waals surface area contributed by atoms with Gasteiger partial charge in [-0.1, -0.05) is 19.1 Å². The summed E-state index contributed by atoms with van der Waals surface area (Å²) in [5.74, 6) is -2.59. The Kier molecular flexibility index (Phi) is 7.95. The number of carbonyl (C=O) groups is 3. The highest BCUT2D eigenvalue weighted by Crippen LogP contribution is 2.29. The number of rotatable bonds is 8. The SMILES string of the molecule is C[C@@H](CC(N)=O)CC(=O)N(C1CCCNCC1=O)S(=O)(=O)c1ccccc1S(C)(=O)=O. The zero-order valence-corrected chi connectivity index (χ0v) is 19.0. The molecule has 1 unspecified atom stereocenters. The Morgan fingerprint density at radius 2 is 1.77 bits per heavy atom. The van der Waals surface area contributed by atoms with E-state index in [4.69, 9.17) is 5.73 Å². The predicted octanol–water partition coefficient (Wildman–Crippen LogP) is -0.170. The second-order valence-corrected chi connectivity index (χ2v) is 11.5. The molecule has 0 radical (unpaired) electrons. The van der Waals surface area contributed by atoms with Gasteiger partial charge in [-0.25, -0.2) is 21.1 Å². The van der Waals surface area contributed by atoms with Crippen LogP contribution in [0.15, 0.2) is 34.1 Å². The van der Waals surface area contributed by atoms with Crippen molar-refractivity contribution in [1.29, 1.82) is 0 Å². The number of hydrogen-bond donors (Lipinski definition) is 2. The van der Waals surface area contributed by atoms with Crippen molar-refractivity contribution in [3.05, 3.63) is 24.3 Å². The van der Waals surface area contributed by atoms with E-state index in [9.17, 15) is 31.2 Å². The lowest BCUT2D eigenvalue weighted by Gasteiger charge is -2.30. The normalized spacial score (nSPS) is 18.8. The van der Waals surface area contributed by atoms with Crippen molar-refractivity contribution < 1.29 is 31.2 Å². The van der Waals surface area contributed by atoms with Gasteiger partial charge in [-0.05, 0) is 37.4 Å². The number of benzene rings is 1. The molecule has 0 aromatic heterocycles. The highest BCUT2D eigenvalue weighted by molar-refractivity contribution is 7.93. The van der Waals surface area contributed by atoms with Crippen LogP contribution in [-0.2, 0) is 34.2 Å². The number of hydrogen-bond acceptors (Lipinski definition) is 8. The van der Waals surface area contributed by atoms with Gasteiger partial charge in [0.25, 0.3) is 10.0 Å². The van der Waals surface area contributed by atoms with E-state index in [0.29, 0.717) is 17.3 Å². The Hall–Kier alpha value is -2.31. The molecule has 1 aromatic rings. The Bertz CT molecular complexity index is 1070. The lowest BCUT2D eigenvalue weighted by atomic mass is 10.0. The van der Waals surface area contributed by atoms with Gasteiger partial charge in [-0.15, -0.1) is 0 Å². The van der Waals surface area contributed by atoms with Gasteiger partial charge in [0, 0.05) is 19.1 Å². The average molecular weight is 474 g/mol. The summed E-state index contributed by atoms with van der Waals surface area (Å²) in [5, 5.41) is 2.88. The third-order valence-corrected chi connectivity index (χ3v) is 8.06. The number of Topliss-reactive ketones (excluding diaryl/α,β-unsaturated/α-hetero) is 1. The maximum atomic E-state index is 13.6. The van der Waals surface area contributed by atoms with Crippen LogP contribution in [0.4, 0.5) is 0 Å². The molecule has 0 spiro atoms. The molecule has 12 heteroatoms. The molecule has 1 aliphatic rings. The van der Waals surface area contributed by atoms with E-state index < -0.39 is 59.2 Å². The number of ketones is 1. The van der Waals surface area contributed by atoms with Crippen molar-refractivity contribution in [2.75, 3.05) is 19.3 Å². The fraction of sp³-hybridized carbons (Fsp3) is 0.526. The molecule has 2 rings (SSSR count). The van der Waals surface area contributed by atoms with Crippen molar-refractivity contribution in [3.63, 3.8) is 0 Å². The first-order valence-electron chi connectivity index (χ1n) is 9.73. The molecule has 31 heavy (non-hydrogen) atoms. The minimum absolute atomic E-state index is 0.0993. The fourth-order valence-electron chi connectivity index (χ4n) is 3.51. The molecular weight excluding hydrogens is 446 g/mol. The fourth-order valence-corrected chi connectivity index (χ4v) is 6.73. The number of nitrogens with zero attached hydrogens (tertiary/aromatic N) is 1. The standard InChI is InChI=1S/C19H27N3O7S2/c1-13(10-18(20)24)11-19(25)22(14-6-5-9-21-12-15(14)23)31(28,29)17-8-4-3-7-16(17)30(2,26)27/h3-4,7-8,13-14,21H,5-6,9-12H2,1-2H3,(H2,20,24)/t13-,14?/m0/s1. The van der Waals surface area contributed by atoms with Crippen molar-refractivity contribution in [2.24, 2.45) is 11.7 Å². The molecule has 2 amide bonds. The van der Waals surface area contributed by atoms with Crippen LogP contribution in [0.25, 0.3) is 0 Å². The molecule has 1 heterocycles. The quantitative estimate of drug-likeness (QED) is 0.526. The average Bonchev–Trinajstić information content (AvgIpc) is 2.85. The predicted molar refractivity (Wildman–Crippen MR) is 112 cm³/mol. The first kappa shape index (κ1) is 25.0. The van der Waals surface area contributed by atoms with Crippen molar-refractivity contribution in [3.8, 4) is 0 Å². The van der Waals surface area contributed by atoms with Crippen LogP contribution in [0.1, 0.15) is 32.6 Å². The molecule has 3 N–H and O–H groups in total. The molecule has 0 bridgehead atoms. The highest BCUT2D eigenvalue weighted by atomic mass is 32.2. The Morgan fingerprint density at radius 1 is 1.16 bits per heavy atom. The molecule has 10 nitrogen and oxygen atoms in total. The molecule has 1 aromatic carbocycles. The zero-order chi connectivity index (χ0) is 23.4. The third kappa shape index (κ3) is 6.11. The molecule has 1 saturated heterocycles. The summed E-state index contributed by atoms with van der Waals surface area (Å²) in [6.45, 7) is 1.92. The summed E-state index contributed by atoms with van der Waals surface area (Å²) in [7, 11) is -8.64. The number of sulfone groups is 1. The Labute approximate surface area is 182 Å². The summed E-state index contributed by atoms with van der Waals surface area (Å²) in [6.07, 6.45) is 0.922. The van der Waals surface area contributed by atoms with Crippen LogP contribution in [-0.4, -0.2) is 64.1 Å². The van der Waals surface area contributed by atoms with E-state index in [1.54, 1.807) is 6.92 Å². The third-order valence-electron chi connectivity index (χ3n) is 4.89. The zero-order valence-electron chi connectivity index (χ0n) is 17.4. The lowest BCUT2D eigenvalue weighted by Crippen LogP contribution is -2.50. The smallest absolute Gasteiger partial charge is 0.268 e. The maximum absolute atomic E-state index is 13.6. The van der Waals surface area contributed by atoms with Gasteiger partial charge >= 0.3 is 0 Å².